The van der Waals surface area contributed by atoms with Crippen molar-refractivity contribution in [1.82, 2.24) is 9.78 Å². The molecule has 0 aliphatic rings. The molecule has 0 bridgehead atoms. The second-order valence-corrected chi connectivity index (χ2v) is 4.95. The van der Waals surface area contributed by atoms with Gasteiger partial charge in [0.2, 0.25) is 0 Å². The predicted molar refractivity (Wildman–Crippen MR) is 67.5 cm³/mol. The SMILES string of the molecule is Cn1cc(CCC(C)(O)c2cc(F)cc(F)c2)cn1. The summed E-state index contributed by atoms with van der Waals surface area (Å²) >= 11 is 0. The van der Waals surface area contributed by atoms with E-state index in [0.717, 1.165) is 23.8 Å². The van der Waals surface area contributed by atoms with Gasteiger partial charge in [-0.1, -0.05) is 0 Å². The molecule has 19 heavy (non-hydrogen) atoms. The zero-order valence-corrected chi connectivity index (χ0v) is 10.9. The van der Waals surface area contributed by atoms with Gasteiger partial charge in [0.15, 0.2) is 0 Å². The number of hydrogen-bond donors (Lipinski definition) is 1. The van der Waals surface area contributed by atoms with Crippen molar-refractivity contribution in [2.24, 2.45) is 7.05 Å². The molecule has 0 radical (unpaired) electrons. The first-order valence-corrected chi connectivity index (χ1v) is 6.03. The van der Waals surface area contributed by atoms with Gasteiger partial charge < -0.3 is 5.11 Å². The molecule has 1 aromatic carbocycles. The van der Waals surface area contributed by atoms with E-state index in [1.54, 1.807) is 17.8 Å². The monoisotopic (exact) mass is 266 g/mol. The lowest BCUT2D eigenvalue weighted by atomic mass is 9.90. The smallest absolute Gasteiger partial charge is 0.126 e. The molecule has 1 heterocycles. The van der Waals surface area contributed by atoms with Crippen LogP contribution in [0, 0.1) is 11.6 Å². The van der Waals surface area contributed by atoms with E-state index >= 15 is 0 Å². The first-order valence-electron chi connectivity index (χ1n) is 6.03. The van der Waals surface area contributed by atoms with Crippen LogP contribution in [0.1, 0.15) is 24.5 Å². The molecule has 2 rings (SSSR count). The Morgan fingerprint density at radius 3 is 2.42 bits per heavy atom. The summed E-state index contributed by atoms with van der Waals surface area (Å²) in [5, 5.41) is 14.4. The first-order chi connectivity index (χ1) is 8.87. The van der Waals surface area contributed by atoms with Crippen LogP contribution in [0.2, 0.25) is 0 Å². The second kappa shape index (κ2) is 5.09. The van der Waals surface area contributed by atoms with E-state index in [0.29, 0.717) is 12.8 Å². The third kappa shape index (κ3) is 3.38. The Morgan fingerprint density at radius 2 is 1.89 bits per heavy atom. The quantitative estimate of drug-likeness (QED) is 0.923. The van der Waals surface area contributed by atoms with Gasteiger partial charge in [-0.25, -0.2) is 8.78 Å². The van der Waals surface area contributed by atoms with Gasteiger partial charge >= 0.3 is 0 Å². The van der Waals surface area contributed by atoms with Crippen LogP contribution in [-0.4, -0.2) is 14.9 Å². The third-order valence-electron chi connectivity index (χ3n) is 3.14. The van der Waals surface area contributed by atoms with Crippen molar-refractivity contribution < 1.29 is 13.9 Å². The number of aromatic nitrogens is 2. The molecule has 0 aliphatic carbocycles. The minimum Gasteiger partial charge on any atom is -0.385 e. The maximum Gasteiger partial charge on any atom is 0.126 e. The van der Waals surface area contributed by atoms with Crippen LogP contribution in [0.25, 0.3) is 0 Å². The van der Waals surface area contributed by atoms with Crippen LogP contribution in [0.5, 0.6) is 0 Å². The highest BCUT2D eigenvalue weighted by Gasteiger charge is 2.24. The fraction of sp³-hybridized carbons (Fsp3) is 0.357. The summed E-state index contributed by atoms with van der Waals surface area (Å²) in [6.45, 7) is 1.55. The largest absolute Gasteiger partial charge is 0.385 e. The van der Waals surface area contributed by atoms with E-state index in [-0.39, 0.29) is 5.56 Å². The highest BCUT2D eigenvalue weighted by Crippen LogP contribution is 2.27. The minimum atomic E-state index is -1.28. The molecule has 2 aromatic rings. The molecular formula is C14H16F2N2O. The summed E-state index contributed by atoms with van der Waals surface area (Å²) in [5.74, 6) is -1.37. The predicted octanol–water partition coefficient (Wildman–Crippen LogP) is 2.54. The van der Waals surface area contributed by atoms with Gasteiger partial charge in [-0.05, 0) is 43.0 Å². The Hall–Kier alpha value is -1.75. The van der Waals surface area contributed by atoms with E-state index in [4.69, 9.17) is 0 Å². The van der Waals surface area contributed by atoms with Crippen molar-refractivity contribution >= 4 is 0 Å². The summed E-state index contributed by atoms with van der Waals surface area (Å²) in [4.78, 5) is 0. The molecule has 0 aliphatic heterocycles. The highest BCUT2D eigenvalue weighted by atomic mass is 19.1. The number of hydrogen-bond acceptors (Lipinski definition) is 2. The summed E-state index contributed by atoms with van der Waals surface area (Å²) in [6.07, 6.45) is 4.50. The Kier molecular flexibility index (Phi) is 3.66. The molecule has 0 amide bonds. The van der Waals surface area contributed by atoms with Crippen molar-refractivity contribution in [3.05, 3.63) is 53.4 Å². The van der Waals surface area contributed by atoms with E-state index in [1.165, 1.54) is 0 Å². The Labute approximate surface area is 110 Å². The van der Waals surface area contributed by atoms with Crippen LogP contribution in [-0.2, 0) is 19.1 Å². The summed E-state index contributed by atoms with van der Waals surface area (Å²) < 4.78 is 28.0. The fourth-order valence-corrected chi connectivity index (χ4v) is 2.00. The average Bonchev–Trinajstić information content (AvgIpc) is 2.71. The van der Waals surface area contributed by atoms with Crippen LogP contribution in [0.3, 0.4) is 0 Å². The van der Waals surface area contributed by atoms with E-state index < -0.39 is 17.2 Å². The molecule has 0 fully saturated rings. The van der Waals surface area contributed by atoms with Crippen molar-refractivity contribution in [2.45, 2.75) is 25.4 Å². The van der Waals surface area contributed by atoms with Gasteiger partial charge in [0.1, 0.15) is 11.6 Å². The number of benzene rings is 1. The first kappa shape index (κ1) is 13.7. The molecule has 0 saturated heterocycles. The molecule has 3 nitrogen and oxygen atoms in total. The van der Waals surface area contributed by atoms with Crippen LogP contribution >= 0.6 is 0 Å². The number of halogens is 2. The van der Waals surface area contributed by atoms with E-state index in [9.17, 15) is 13.9 Å². The fourth-order valence-electron chi connectivity index (χ4n) is 2.00. The van der Waals surface area contributed by atoms with Crippen LogP contribution in [0.4, 0.5) is 8.78 Å². The lowest BCUT2D eigenvalue weighted by Gasteiger charge is -2.23. The van der Waals surface area contributed by atoms with Crippen LogP contribution < -0.4 is 0 Å². The molecule has 5 heteroatoms. The molecule has 1 aromatic heterocycles. The molecule has 1 unspecified atom stereocenters. The van der Waals surface area contributed by atoms with E-state index in [1.807, 2.05) is 13.2 Å². The topological polar surface area (TPSA) is 38.0 Å². The molecule has 1 N–H and O–H groups in total. The Bertz CT molecular complexity index is 558. The maximum absolute atomic E-state index is 13.2. The van der Waals surface area contributed by atoms with Crippen molar-refractivity contribution in [2.75, 3.05) is 0 Å². The van der Waals surface area contributed by atoms with Gasteiger partial charge in [-0.15, -0.1) is 0 Å². The van der Waals surface area contributed by atoms with Gasteiger partial charge in [0, 0.05) is 19.3 Å². The Morgan fingerprint density at radius 1 is 1.26 bits per heavy atom. The summed E-state index contributed by atoms with van der Waals surface area (Å²) in [6, 6.07) is 3.11. The summed E-state index contributed by atoms with van der Waals surface area (Å²) in [5.41, 5.74) is -0.0627. The molecule has 102 valence electrons. The number of nitrogens with zero attached hydrogens (tertiary/aromatic N) is 2. The van der Waals surface area contributed by atoms with Gasteiger partial charge in [0.25, 0.3) is 0 Å². The average molecular weight is 266 g/mol. The minimum absolute atomic E-state index is 0.244. The third-order valence-corrected chi connectivity index (χ3v) is 3.14. The van der Waals surface area contributed by atoms with Crippen molar-refractivity contribution in [1.29, 1.82) is 0 Å². The Balaban J connectivity index is 2.12. The highest BCUT2D eigenvalue weighted by molar-refractivity contribution is 5.24. The standard InChI is InChI=1S/C14H16F2N2O/c1-14(19,4-3-10-8-17-18(2)9-10)11-5-12(15)7-13(16)6-11/h5-9,19H,3-4H2,1-2H3. The molecule has 0 saturated carbocycles. The maximum atomic E-state index is 13.2. The number of aliphatic hydroxyl groups is 1. The lowest BCUT2D eigenvalue weighted by Crippen LogP contribution is -2.22. The zero-order valence-electron chi connectivity index (χ0n) is 10.9. The lowest BCUT2D eigenvalue weighted by molar-refractivity contribution is 0.0474. The number of rotatable bonds is 4. The van der Waals surface area contributed by atoms with Crippen LogP contribution in [0.15, 0.2) is 30.6 Å². The second-order valence-electron chi connectivity index (χ2n) is 4.95. The van der Waals surface area contributed by atoms with Gasteiger partial charge in [0.05, 0.1) is 11.8 Å². The van der Waals surface area contributed by atoms with Gasteiger partial charge in [-0.2, -0.15) is 5.10 Å². The van der Waals surface area contributed by atoms with Crippen molar-refractivity contribution in [3.63, 3.8) is 0 Å². The van der Waals surface area contributed by atoms with E-state index in [2.05, 4.69) is 5.10 Å². The zero-order chi connectivity index (χ0) is 14.0. The summed E-state index contributed by atoms with van der Waals surface area (Å²) in [7, 11) is 1.81. The number of aryl methyl sites for hydroxylation is 2. The van der Waals surface area contributed by atoms with Gasteiger partial charge in [-0.3, -0.25) is 4.68 Å². The van der Waals surface area contributed by atoms with Crippen molar-refractivity contribution in [3.8, 4) is 0 Å². The molecular weight excluding hydrogens is 250 g/mol. The molecule has 0 spiro atoms. The molecule has 1 atom stereocenters. The normalized spacial score (nSPS) is 14.4.